The molecule has 1 saturated heterocycles. The summed E-state index contributed by atoms with van der Waals surface area (Å²) in [6.07, 6.45) is -6.32. The number of phosphoric ester groups is 1. The molecule has 1 aliphatic carbocycles. The summed E-state index contributed by atoms with van der Waals surface area (Å²) in [5.41, 5.74) is 0.925. The largest absolute Gasteiger partial charge is 0.695 e. The van der Waals surface area contributed by atoms with Crippen molar-refractivity contribution < 1.29 is 65.2 Å². The Morgan fingerprint density at radius 3 is 2.48 bits per heavy atom. The Morgan fingerprint density at radius 2 is 1.81 bits per heavy atom. The molecule has 370 valence electrons. The van der Waals surface area contributed by atoms with Crippen LogP contribution in [0.15, 0.2) is 54.3 Å². The minimum absolute atomic E-state index is 0.00585. The number of aliphatic hydroxyl groups is 1. The number of nitrogens with zero attached hydrogens (tertiary/aromatic N) is 8. The molecule has 1 amide bonds. The third-order valence-corrected chi connectivity index (χ3v) is 19.0. The van der Waals surface area contributed by atoms with E-state index in [1.54, 1.807) is 44.2 Å². The second-order valence-electron chi connectivity index (χ2n) is 18.7. The summed E-state index contributed by atoms with van der Waals surface area (Å²) >= 11 is 0. The molecule has 22 nitrogen and oxygen atoms in total. The lowest BCUT2D eigenvalue weighted by atomic mass is 10.1. The Morgan fingerprint density at radius 1 is 1.09 bits per heavy atom. The number of fused-ring (bicyclic) bond motifs is 2. The lowest BCUT2D eigenvalue weighted by Gasteiger charge is -2.41. The van der Waals surface area contributed by atoms with E-state index in [0.717, 1.165) is 0 Å². The zero-order chi connectivity index (χ0) is 50.0. The Balaban J connectivity index is 1.21. The number of Topliss-reactive ketones (excluding diaryl/α,β-unsaturated/α-hetero) is 2. The third-order valence-electron chi connectivity index (χ3n) is 12.7. The molecule has 7 rings (SSSR count). The number of carbonyl (C=O) groups excluding carboxylic acids is 3. The summed E-state index contributed by atoms with van der Waals surface area (Å²) in [6, 6.07) is 9.50. The zero-order valence-electron chi connectivity index (χ0n) is 39.0. The maximum atomic E-state index is 16.6. The average molecular weight is 1010 g/mol. The third kappa shape index (κ3) is 11.3. The standard InChI is InChI=1S/C43H54FN9O13P2Si/c1-24(2)41(57)51-32-18-30(56)35-40(50-32)52(22-49-35)28-16-26(19-54)36(66-69(6,7)43(3,4)5)37(28)65-68(60,61-15-11-14-45)62-20-31-38(64-67(58)59)33(44)42(63-31)53-23-48-34-27(46-21-47-39(34)53)17-29(55)25-12-9-8-10-13-25/h8-10,12-13,21-24,26,28,31,33,36-38,42,54H,11,15-20H2,1-7H3,(H-,50,51,56,57,58,59)/p+1/t26-,28-,31-,33-,36-,37+,38-,42-,68?/m1/s1. The predicted molar refractivity (Wildman–Crippen MR) is 245 cm³/mol. The number of aliphatic hydroxyl groups excluding tert-OH is 1. The number of carbonyl (C=O) groups is 3. The molecule has 0 radical (unpaired) electrons. The van der Waals surface area contributed by atoms with Gasteiger partial charge in [-0.05, 0) is 24.6 Å². The molecular weight excluding hydrogens is 960 g/mol. The van der Waals surface area contributed by atoms with Gasteiger partial charge in [-0.15, -0.1) is 9.42 Å². The van der Waals surface area contributed by atoms with Crippen LogP contribution in [0.1, 0.15) is 92.7 Å². The van der Waals surface area contributed by atoms with Gasteiger partial charge in [0.1, 0.15) is 29.9 Å². The monoisotopic (exact) mass is 1010 g/mol. The normalized spacial score (nSPS) is 25.0. The van der Waals surface area contributed by atoms with Crippen molar-refractivity contribution in [2.45, 2.75) is 121 Å². The molecule has 0 spiro atoms. The van der Waals surface area contributed by atoms with Crippen LogP contribution in [0.5, 0.6) is 0 Å². The number of benzene rings is 1. The molecule has 2 fully saturated rings. The fourth-order valence-corrected chi connectivity index (χ4v) is 11.2. The van der Waals surface area contributed by atoms with Gasteiger partial charge in [0.05, 0.1) is 69.0 Å². The smallest absolute Gasteiger partial charge is 0.411 e. The van der Waals surface area contributed by atoms with Gasteiger partial charge >= 0.3 is 16.1 Å². The van der Waals surface area contributed by atoms with Crippen LogP contribution >= 0.6 is 16.1 Å². The van der Waals surface area contributed by atoms with Gasteiger partial charge in [-0.2, -0.15) is 5.26 Å². The van der Waals surface area contributed by atoms with Gasteiger partial charge in [0.25, 0.3) is 0 Å². The molecule has 10 atom stereocenters. The van der Waals surface area contributed by atoms with E-state index in [2.05, 4.69) is 30.2 Å². The lowest BCUT2D eigenvalue weighted by Crippen LogP contribution is -2.49. The Hall–Kier alpha value is -4.89. The molecular formula is C43H55FN9O13P2Si+. The van der Waals surface area contributed by atoms with E-state index in [1.807, 2.05) is 39.9 Å². The van der Waals surface area contributed by atoms with Crippen molar-refractivity contribution in [3.63, 3.8) is 0 Å². The number of ether oxygens (including phenoxy) is 1. The van der Waals surface area contributed by atoms with Gasteiger partial charge in [0.2, 0.25) is 5.91 Å². The first-order chi connectivity index (χ1) is 32.6. The first kappa shape index (κ1) is 51.9. The van der Waals surface area contributed by atoms with Gasteiger partial charge in [-0.25, -0.2) is 33.9 Å². The molecule has 0 bridgehead atoms. The first-order valence-electron chi connectivity index (χ1n) is 22.2. The van der Waals surface area contributed by atoms with E-state index in [1.165, 1.54) is 28.1 Å². The van der Waals surface area contributed by atoms with Crippen LogP contribution in [0.4, 0.5) is 10.2 Å². The van der Waals surface area contributed by atoms with Crippen LogP contribution < -0.4 is 5.32 Å². The number of aromatic nitrogens is 6. The topological polar surface area (TPSA) is 291 Å². The van der Waals surface area contributed by atoms with E-state index < -0.39 is 105 Å². The van der Waals surface area contributed by atoms with Gasteiger partial charge in [0.15, 0.2) is 55.5 Å². The minimum atomic E-state index is -4.95. The van der Waals surface area contributed by atoms with E-state index >= 15 is 8.96 Å². The quantitative estimate of drug-likeness (QED) is 0.0408. The van der Waals surface area contributed by atoms with Crippen molar-refractivity contribution in [1.82, 2.24) is 34.4 Å². The maximum absolute atomic E-state index is 16.6. The second-order valence-corrected chi connectivity index (χ2v) is 25.8. The number of rotatable bonds is 19. The van der Waals surface area contributed by atoms with Crippen LogP contribution in [0.25, 0.3) is 11.2 Å². The second kappa shape index (κ2) is 21.2. The summed E-state index contributed by atoms with van der Waals surface area (Å²) in [4.78, 5) is 70.9. The number of alkyl halides is 1. The lowest BCUT2D eigenvalue weighted by molar-refractivity contribution is -0.122. The van der Waals surface area contributed by atoms with Crippen molar-refractivity contribution in [3.05, 3.63) is 66.3 Å². The van der Waals surface area contributed by atoms with Gasteiger partial charge < -0.3 is 24.2 Å². The number of phosphoric acid groups is 1. The van der Waals surface area contributed by atoms with E-state index in [4.69, 9.17) is 27.3 Å². The number of amides is 1. The highest BCUT2D eigenvalue weighted by molar-refractivity contribution is 7.48. The fraction of sp³-hybridized carbons (Fsp3) is 0.558. The molecule has 1 saturated carbocycles. The number of hydrogen-bond donors (Lipinski definition) is 3. The Bertz CT molecular complexity index is 2690. The van der Waals surface area contributed by atoms with Gasteiger partial charge in [0, 0.05) is 28.6 Å². The molecule has 1 aromatic carbocycles. The fourth-order valence-electron chi connectivity index (χ4n) is 7.98. The maximum Gasteiger partial charge on any atom is 0.695 e. The summed E-state index contributed by atoms with van der Waals surface area (Å²) in [5, 5.41) is 22.6. The van der Waals surface area contributed by atoms with Crippen LogP contribution in [-0.2, 0) is 47.6 Å². The number of nitriles is 1. The molecule has 4 aromatic rings. The number of nitrogens with one attached hydrogen (secondary N) is 1. The Labute approximate surface area is 398 Å². The number of imidazole rings is 2. The summed E-state index contributed by atoms with van der Waals surface area (Å²) in [5.74, 6) is -1.98. The number of halogens is 1. The summed E-state index contributed by atoms with van der Waals surface area (Å²) < 4.78 is 82.9. The van der Waals surface area contributed by atoms with Crippen molar-refractivity contribution in [2.75, 3.05) is 19.8 Å². The number of hydrogen-bond acceptors (Lipinski definition) is 18. The minimum Gasteiger partial charge on any atom is -0.411 e. The molecule has 5 heterocycles. The molecule has 69 heavy (non-hydrogen) atoms. The molecule has 3 N–H and O–H groups in total. The molecule has 3 aromatic heterocycles. The van der Waals surface area contributed by atoms with E-state index in [-0.39, 0.29) is 76.6 Å². The van der Waals surface area contributed by atoms with Crippen LogP contribution in [0.2, 0.25) is 18.1 Å². The first-order valence-corrected chi connectivity index (χ1v) is 27.7. The van der Waals surface area contributed by atoms with Gasteiger partial charge in [-0.3, -0.25) is 32.5 Å². The van der Waals surface area contributed by atoms with Crippen molar-refractivity contribution in [2.24, 2.45) is 16.8 Å². The van der Waals surface area contributed by atoms with Crippen molar-refractivity contribution in [3.8, 4) is 6.07 Å². The highest BCUT2D eigenvalue weighted by atomic mass is 31.2. The van der Waals surface area contributed by atoms with Crippen molar-refractivity contribution in [1.29, 1.82) is 5.26 Å². The summed E-state index contributed by atoms with van der Waals surface area (Å²) in [7, 11) is -11.1. The van der Waals surface area contributed by atoms with E-state index in [9.17, 15) is 34.2 Å². The van der Waals surface area contributed by atoms with Crippen LogP contribution in [0.3, 0.4) is 0 Å². The molecule has 3 aliphatic rings. The zero-order valence-corrected chi connectivity index (χ0v) is 41.8. The average Bonchev–Trinajstić information content (AvgIpc) is 4.07. The predicted octanol–water partition coefficient (Wildman–Crippen LogP) is 6.19. The van der Waals surface area contributed by atoms with Crippen molar-refractivity contribution >= 4 is 64.7 Å². The highest BCUT2D eigenvalue weighted by Crippen LogP contribution is 2.57. The van der Waals surface area contributed by atoms with Crippen LogP contribution in [-0.4, -0.2) is 121 Å². The number of amidine groups is 1. The molecule has 2 aliphatic heterocycles. The molecule has 26 heteroatoms. The van der Waals surface area contributed by atoms with Crippen LogP contribution in [0, 0.1) is 23.2 Å². The number of aliphatic imine (C=N–C) groups is 1. The van der Waals surface area contributed by atoms with E-state index in [0.29, 0.717) is 5.56 Å². The number of ketones is 2. The molecule has 2 unspecified atom stereocenters. The summed E-state index contributed by atoms with van der Waals surface area (Å²) in [6.45, 7) is 11.6. The SMILES string of the molecule is CC(C)C(=O)NC1=Nc2c(ncn2[C@@H]2C[C@H](CO)[C@@H](O[Si](C)(C)C(C)(C)C)[C@H]2OP(=O)(OCCC#N)OC[C@H]2O[C@@H](n3cnc4c(CC(=O)c5ccccc5)ncnc43)[C@H](F)[C@@H]2O[P+](=O)O)C(=O)C1. The van der Waals surface area contributed by atoms with Gasteiger partial charge in [-0.1, -0.05) is 65.0 Å². The Kier molecular flexibility index (Phi) is 16.0. The highest BCUT2D eigenvalue weighted by Gasteiger charge is 2.56.